The Morgan fingerprint density at radius 1 is 0.280 bits per heavy atom. The molecule has 0 saturated carbocycles. The Morgan fingerprint density at radius 2 is 0.547 bits per heavy atom. The van der Waals surface area contributed by atoms with Crippen molar-refractivity contribution in [3.8, 4) is 0 Å². The van der Waals surface area contributed by atoms with Crippen LogP contribution in [0.5, 0.6) is 0 Å². The van der Waals surface area contributed by atoms with E-state index in [0.717, 1.165) is 135 Å². The fourth-order valence-corrected chi connectivity index (χ4v) is 7.84. The molecule has 0 amide bonds. The van der Waals surface area contributed by atoms with Crippen LogP contribution < -0.4 is 0 Å². The maximum atomic E-state index is 12.8. The van der Waals surface area contributed by atoms with E-state index in [1.54, 1.807) is 0 Å². The first kappa shape index (κ1) is 70.3. The van der Waals surface area contributed by atoms with Gasteiger partial charge in [-0.3, -0.25) is 14.4 Å². The van der Waals surface area contributed by atoms with Gasteiger partial charge in [0.2, 0.25) is 0 Å². The SMILES string of the molecule is CC/C=C\C/C=C\C/C=C\C/C=C\C/C=C\C/C=C\CCCCCCCCCCCCC(=O)OCC(COC(=O)CC/C=C\C/C=C\C/C=C\C/C=C\CC)OC(=O)CCCCCCC/C=C\C/C=C\CCCCC. The molecule has 0 fully saturated rings. The van der Waals surface area contributed by atoms with E-state index in [9.17, 15) is 14.4 Å². The highest BCUT2D eigenvalue weighted by atomic mass is 16.6. The summed E-state index contributed by atoms with van der Waals surface area (Å²) < 4.78 is 16.8. The summed E-state index contributed by atoms with van der Waals surface area (Å²) in [5.74, 6) is -1.02. The fourth-order valence-electron chi connectivity index (χ4n) is 7.84. The molecule has 0 aromatic rings. The summed E-state index contributed by atoms with van der Waals surface area (Å²) in [6.45, 7) is 6.30. The lowest BCUT2D eigenvalue weighted by Crippen LogP contribution is -2.30. The minimum absolute atomic E-state index is 0.113. The summed E-state index contributed by atoms with van der Waals surface area (Å²) in [5.41, 5.74) is 0. The van der Waals surface area contributed by atoms with Gasteiger partial charge in [0.05, 0.1) is 0 Å². The number of carbonyl (C=O) groups is 3. The van der Waals surface area contributed by atoms with Crippen molar-refractivity contribution < 1.29 is 28.6 Å². The first-order valence-electron chi connectivity index (χ1n) is 30.3. The Hall–Kier alpha value is -4.71. The number of hydrogen-bond donors (Lipinski definition) is 0. The summed E-state index contributed by atoms with van der Waals surface area (Å²) >= 11 is 0. The first-order chi connectivity index (χ1) is 37.0. The maximum absolute atomic E-state index is 12.8. The van der Waals surface area contributed by atoms with E-state index < -0.39 is 6.10 Å². The Morgan fingerprint density at radius 3 is 0.893 bits per heavy atom. The summed E-state index contributed by atoms with van der Waals surface area (Å²) in [7, 11) is 0. The van der Waals surface area contributed by atoms with Crippen LogP contribution in [0.1, 0.15) is 252 Å². The van der Waals surface area contributed by atoms with Gasteiger partial charge < -0.3 is 14.2 Å². The summed E-state index contributed by atoms with van der Waals surface area (Å²) in [5, 5.41) is 0. The Balaban J connectivity index is 4.35. The third-order valence-electron chi connectivity index (χ3n) is 12.3. The average molecular weight is 1040 g/mol. The van der Waals surface area contributed by atoms with Crippen LogP contribution in [-0.4, -0.2) is 37.2 Å². The molecule has 75 heavy (non-hydrogen) atoms. The Kier molecular flexibility index (Phi) is 58.0. The van der Waals surface area contributed by atoms with Gasteiger partial charge in [-0.1, -0.05) is 250 Å². The monoisotopic (exact) mass is 1030 g/mol. The van der Waals surface area contributed by atoms with Crippen molar-refractivity contribution in [2.75, 3.05) is 13.2 Å². The van der Waals surface area contributed by atoms with E-state index in [0.29, 0.717) is 19.3 Å². The normalized spacial score (nSPS) is 13.2. The van der Waals surface area contributed by atoms with Crippen LogP contribution in [0.15, 0.2) is 146 Å². The van der Waals surface area contributed by atoms with Crippen molar-refractivity contribution in [1.29, 1.82) is 0 Å². The van der Waals surface area contributed by atoms with Gasteiger partial charge >= 0.3 is 17.9 Å². The van der Waals surface area contributed by atoms with Crippen molar-refractivity contribution in [2.45, 2.75) is 258 Å². The predicted molar refractivity (Wildman–Crippen MR) is 325 cm³/mol. The molecule has 0 heterocycles. The number of hydrogen-bond acceptors (Lipinski definition) is 6. The van der Waals surface area contributed by atoms with Gasteiger partial charge in [-0.05, 0) is 128 Å². The molecule has 0 radical (unpaired) electrons. The van der Waals surface area contributed by atoms with Crippen molar-refractivity contribution in [1.82, 2.24) is 0 Å². The predicted octanol–water partition coefficient (Wildman–Crippen LogP) is 20.8. The molecule has 0 aliphatic heterocycles. The van der Waals surface area contributed by atoms with Crippen LogP contribution in [0.25, 0.3) is 0 Å². The highest BCUT2D eigenvalue weighted by Crippen LogP contribution is 2.14. The fraction of sp³-hybridized carbons (Fsp3) is 0.609. The van der Waals surface area contributed by atoms with Gasteiger partial charge in [-0.2, -0.15) is 0 Å². The number of unbranched alkanes of at least 4 members (excludes halogenated alkanes) is 18. The van der Waals surface area contributed by atoms with Crippen LogP contribution in [-0.2, 0) is 28.6 Å². The molecule has 0 aromatic heterocycles. The topological polar surface area (TPSA) is 78.9 Å². The van der Waals surface area contributed by atoms with E-state index in [4.69, 9.17) is 14.2 Å². The molecule has 6 nitrogen and oxygen atoms in total. The van der Waals surface area contributed by atoms with Crippen LogP contribution in [0, 0.1) is 0 Å². The maximum Gasteiger partial charge on any atom is 0.306 e. The van der Waals surface area contributed by atoms with Crippen LogP contribution in [0.4, 0.5) is 0 Å². The molecule has 0 saturated heterocycles. The number of rotatable bonds is 53. The van der Waals surface area contributed by atoms with E-state index >= 15 is 0 Å². The summed E-state index contributed by atoms with van der Waals surface area (Å²) in [4.78, 5) is 38.1. The van der Waals surface area contributed by atoms with Gasteiger partial charge in [0.25, 0.3) is 0 Å². The largest absolute Gasteiger partial charge is 0.462 e. The van der Waals surface area contributed by atoms with Gasteiger partial charge in [0, 0.05) is 19.3 Å². The molecule has 0 N–H and O–H groups in total. The number of allylic oxidation sites excluding steroid dienone is 24. The molecule has 0 rings (SSSR count). The zero-order valence-corrected chi connectivity index (χ0v) is 48.3. The molecule has 1 atom stereocenters. The number of carbonyl (C=O) groups excluding carboxylic acids is 3. The lowest BCUT2D eigenvalue weighted by Gasteiger charge is -2.18. The zero-order chi connectivity index (χ0) is 54.3. The van der Waals surface area contributed by atoms with E-state index in [1.807, 2.05) is 12.2 Å². The van der Waals surface area contributed by atoms with Gasteiger partial charge in [0.15, 0.2) is 6.10 Å². The quantitative estimate of drug-likeness (QED) is 0.0261. The highest BCUT2D eigenvalue weighted by Gasteiger charge is 2.19. The lowest BCUT2D eigenvalue weighted by atomic mass is 10.1. The van der Waals surface area contributed by atoms with Gasteiger partial charge in [0.1, 0.15) is 13.2 Å². The Labute approximate surface area is 461 Å². The van der Waals surface area contributed by atoms with Crippen molar-refractivity contribution in [3.63, 3.8) is 0 Å². The summed E-state index contributed by atoms with van der Waals surface area (Å²) in [6.07, 6.45) is 88.6. The standard InChI is InChI=1S/C69H110O6/c1-4-7-10-13-16-19-22-25-27-28-29-30-31-32-33-34-35-36-37-38-39-40-42-44-47-50-53-56-59-62-68(71)74-65-66(64-73-67(70)61-58-55-52-49-46-43-24-21-18-15-12-9-6-3)75-69(72)63-60-57-54-51-48-45-41-26-23-20-17-14-11-8-5-2/h7,9-10,12,16-21,25-27,29-30,32-33,35-36,41,43,46,52,55,66H,4-6,8,11,13-15,22-24,28,31,34,37-40,42,44-45,47-51,53-54,56-65H2,1-3H3/b10-7-,12-9-,19-16-,20-17-,21-18-,27-25-,30-29-,33-32-,36-35-,41-26-,46-43-,55-52-. The molecule has 6 heteroatoms. The molecule has 1 unspecified atom stereocenters. The minimum Gasteiger partial charge on any atom is -0.462 e. The minimum atomic E-state index is -0.822. The van der Waals surface area contributed by atoms with Crippen LogP contribution in [0.3, 0.4) is 0 Å². The van der Waals surface area contributed by atoms with Crippen LogP contribution in [0.2, 0.25) is 0 Å². The third-order valence-corrected chi connectivity index (χ3v) is 12.3. The second kappa shape index (κ2) is 61.8. The van der Waals surface area contributed by atoms with Crippen LogP contribution >= 0.6 is 0 Å². The van der Waals surface area contributed by atoms with E-state index in [-0.39, 0.29) is 37.5 Å². The van der Waals surface area contributed by atoms with Crippen molar-refractivity contribution in [2.24, 2.45) is 0 Å². The van der Waals surface area contributed by atoms with E-state index in [2.05, 4.69) is 154 Å². The molecular formula is C69H110O6. The smallest absolute Gasteiger partial charge is 0.306 e. The molecule has 0 aliphatic carbocycles. The average Bonchev–Trinajstić information content (AvgIpc) is 3.41. The van der Waals surface area contributed by atoms with E-state index in [1.165, 1.54) is 70.6 Å². The van der Waals surface area contributed by atoms with Gasteiger partial charge in [-0.15, -0.1) is 0 Å². The molecule has 422 valence electrons. The highest BCUT2D eigenvalue weighted by molar-refractivity contribution is 5.71. The zero-order valence-electron chi connectivity index (χ0n) is 48.3. The van der Waals surface area contributed by atoms with Crippen molar-refractivity contribution >= 4 is 17.9 Å². The second-order valence-corrected chi connectivity index (χ2v) is 19.5. The molecule has 0 aliphatic rings. The third kappa shape index (κ3) is 60.0. The number of esters is 3. The first-order valence-corrected chi connectivity index (χ1v) is 30.3. The molecule has 0 bridgehead atoms. The summed E-state index contributed by atoms with van der Waals surface area (Å²) in [6, 6.07) is 0. The molecular weight excluding hydrogens is 925 g/mol. The second-order valence-electron chi connectivity index (χ2n) is 19.5. The number of ether oxygens (including phenoxy) is 3. The Bertz CT molecular complexity index is 1660. The molecule has 0 spiro atoms. The van der Waals surface area contributed by atoms with Gasteiger partial charge in [-0.25, -0.2) is 0 Å². The lowest BCUT2D eigenvalue weighted by molar-refractivity contribution is -0.166. The van der Waals surface area contributed by atoms with Crippen molar-refractivity contribution in [3.05, 3.63) is 146 Å². The molecule has 0 aromatic carbocycles.